The van der Waals surface area contributed by atoms with Crippen molar-refractivity contribution in [2.45, 2.75) is 44.2 Å². The molecule has 0 spiro atoms. The number of benzene rings is 2. The van der Waals surface area contributed by atoms with Gasteiger partial charge < -0.3 is 21.1 Å². The molecule has 1 aliphatic carbocycles. The lowest BCUT2D eigenvalue weighted by Gasteiger charge is -2.23. The third-order valence-electron chi connectivity index (χ3n) is 7.00. The average molecular weight is 560 g/mol. The molecule has 1 fully saturated rings. The van der Waals surface area contributed by atoms with Gasteiger partial charge in [-0.2, -0.15) is 0 Å². The highest BCUT2D eigenvalue weighted by Crippen LogP contribution is 2.37. The van der Waals surface area contributed by atoms with Crippen LogP contribution in [-0.4, -0.2) is 36.9 Å². The predicted octanol–water partition coefficient (Wildman–Crippen LogP) is 4.90. The molecule has 0 bridgehead atoms. The van der Waals surface area contributed by atoms with Gasteiger partial charge in [0.05, 0.1) is 18.2 Å². The van der Waals surface area contributed by atoms with Crippen molar-refractivity contribution in [2.75, 3.05) is 12.4 Å². The standard InChI is InChI=1S/C28H28Cl2FN3O4/c1-14-9-21(23(32)13-19(14)28(37)38-2)24(35)12-17-11-20(18-7-4-8-22(30)25(18)31)26(33-17)27(36)34-16-6-3-5-15(29)10-16/h3-8,10,13-14,17,20,26,33H,9,11-12,32H2,1-2H3,(H,34,36)/t14?,17-,20?,26?/m1/s1. The van der Waals surface area contributed by atoms with Crippen LogP contribution < -0.4 is 16.4 Å². The highest BCUT2D eigenvalue weighted by Gasteiger charge is 2.41. The van der Waals surface area contributed by atoms with E-state index in [-0.39, 0.29) is 34.7 Å². The van der Waals surface area contributed by atoms with Crippen molar-refractivity contribution < 1.29 is 23.5 Å². The zero-order chi connectivity index (χ0) is 27.6. The van der Waals surface area contributed by atoms with Crippen LogP contribution in [0.1, 0.15) is 37.7 Å². The fraction of sp³-hybridized carbons (Fsp3) is 0.321. The first kappa shape index (κ1) is 27.8. The molecule has 4 N–H and O–H groups in total. The number of carbonyl (C=O) groups excluding carboxylic acids is 3. The minimum Gasteiger partial charge on any atom is -0.466 e. The number of hydrogen-bond donors (Lipinski definition) is 3. The van der Waals surface area contributed by atoms with E-state index in [1.54, 1.807) is 36.4 Å². The van der Waals surface area contributed by atoms with Gasteiger partial charge in [-0.25, -0.2) is 9.18 Å². The highest BCUT2D eigenvalue weighted by molar-refractivity contribution is 6.31. The van der Waals surface area contributed by atoms with Gasteiger partial charge in [-0.1, -0.05) is 48.3 Å². The van der Waals surface area contributed by atoms with E-state index >= 15 is 4.39 Å². The first-order valence-corrected chi connectivity index (χ1v) is 12.9. The molecule has 0 aromatic heterocycles. The maximum atomic E-state index is 15.0. The van der Waals surface area contributed by atoms with Crippen molar-refractivity contribution in [3.63, 3.8) is 0 Å². The number of ether oxygens (including phenoxy) is 1. The van der Waals surface area contributed by atoms with E-state index in [1.807, 2.05) is 6.92 Å². The van der Waals surface area contributed by atoms with Crippen LogP contribution in [0.3, 0.4) is 0 Å². The van der Waals surface area contributed by atoms with Crippen LogP contribution in [0.15, 0.2) is 65.4 Å². The molecule has 3 unspecified atom stereocenters. The first-order valence-electron chi connectivity index (χ1n) is 12.2. The van der Waals surface area contributed by atoms with Gasteiger partial charge in [-0.3, -0.25) is 9.59 Å². The molecule has 2 aliphatic rings. The third kappa shape index (κ3) is 5.93. The van der Waals surface area contributed by atoms with E-state index in [1.165, 1.54) is 19.3 Å². The maximum Gasteiger partial charge on any atom is 0.334 e. The second-order valence-electron chi connectivity index (χ2n) is 9.58. The van der Waals surface area contributed by atoms with Gasteiger partial charge in [0, 0.05) is 45.9 Å². The minimum atomic E-state index is -0.831. The summed E-state index contributed by atoms with van der Waals surface area (Å²) in [5.41, 5.74) is 7.99. The molecule has 1 saturated heterocycles. The number of hydrogen-bond acceptors (Lipinski definition) is 6. The van der Waals surface area contributed by atoms with Crippen molar-refractivity contribution in [3.05, 3.63) is 86.8 Å². The van der Waals surface area contributed by atoms with Gasteiger partial charge in [0.25, 0.3) is 0 Å². The molecule has 10 heteroatoms. The number of ketones is 1. The number of rotatable bonds is 7. The Hall–Kier alpha value is -3.20. The average Bonchev–Trinajstić information content (AvgIpc) is 3.29. The molecule has 4 atom stereocenters. The summed E-state index contributed by atoms with van der Waals surface area (Å²) >= 11 is 12.1. The van der Waals surface area contributed by atoms with Gasteiger partial charge >= 0.3 is 5.97 Å². The van der Waals surface area contributed by atoms with Crippen LogP contribution in [0.4, 0.5) is 10.1 Å². The Balaban J connectivity index is 1.57. The number of esters is 1. The van der Waals surface area contributed by atoms with Crippen LogP contribution >= 0.6 is 23.2 Å². The molecule has 1 aliphatic heterocycles. The second kappa shape index (κ2) is 11.7. The van der Waals surface area contributed by atoms with Gasteiger partial charge in [0.1, 0.15) is 5.82 Å². The summed E-state index contributed by atoms with van der Waals surface area (Å²) in [6.45, 7) is 1.82. The summed E-state index contributed by atoms with van der Waals surface area (Å²) in [6.07, 6.45) is 2.15. The zero-order valence-electron chi connectivity index (χ0n) is 20.9. The Morgan fingerprint density at radius 3 is 2.63 bits per heavy atom. The number of carbonyl (C=O) groups is 3. The highest BCUT2D eigenvalue weighted by atomic mass is 35.5. The molecular weight excluding hydrogens is 532 g/mol. The van der Waals surface area contributed by atoms with E-state index in [2.05, 4.69) is 10.6 Å². The van der Waals surface area contributed by atoms with Gasteiger partial charge in [-0.15, -0.1) is 0 Å². The number of amides is 1. The molecule has 200 valence electrons. The Morgan fingerprint density at radius 1 is 1.18 bits per heavy atom. The van der Waals surface area contributed by atoms with Gasteiger partial charge in [0.2, 0.25) is 5.91 Å². The molecule has 4 rings (SSSR count). The molecule has 2 aromatic carbocycles. The lowest BCUT2D eigenvalue weighted by atomic mass is 9.83. The van der Waals surface area contributed by atoms with Crippen LogP contribution in [0.5, 0.6) is 0 Å². The van der Waals surface area contributed by atoms with E-state index in [0.717, 1.165) is 0 Å². The largest absolute Gasteiger partial charge is 0.466 e. The molecule has 0 radical (unpaired) electrons. The van der Waals surface area contributed by atoms with Crippen LogP contribution in [0.25, 0.3) is 0 Å². The molecule has 38 heavy (non-hydrogen) atoms. The van der Waals surface area contributed by atoms with E-state index in [9.17, 15) is 14.4 Å². The van der Waals surface area contributed by atoms with Crippen molar-refractivity contribution in [2.24, 2.45) is 11.7 Å². The summed E-state index contributed by atoms with van der Waals surface area (Å²) in [5, 5.41) is 6.46. The number of nitrogens with one attached hydrogen (secondary N) is 2. The van der Waals surface area contributed by atoms with Crippen LogP contribution in [-0.2, 0) is 19.1 Å². The molecular formula is C28H28Cl2FN3O4. The zero-order valence-corrected chi connectivity index (χ0v) is 22.4. The SMILES string of the molecule is COC(=O)C1=CC(N)=C(C(=O)C[C@H]2CC(c3cccc(Cl)c3F)C(C(=O)Nc3cccc(Cl)c3)N2)CC1C. The molecule has 7 nitrogen and oxygen atoms in total. The summed E-state index contributed by atoms with van der Waals surface area (Å²) in [6, 6.07) is 10.1. The van der Waals surface area contributed by atoms with Gasteiger partial charge in [0.15, 0.2) is 5.78 Å². The van der Waals surface area contributed by atoms with E-state index in [4.69, 9.17) is 33.7 Å². The normalized spacial score (nSPS) is 23.1. The quantitative estimate of drug-likeness (QED) is 0.416. The Morgan fingerprint density at radius 2 is 1.92 bits per heavy atom. The Kier molecular flexibility index (Phi) is 8.55. The van der Waals surface area contributed by atoms with E-state index in [0.29, 0.717) is 40.3 Å². The topological polar surface area (TPSA) is 111 Å². The smallest absolute Gasteiger partial charge is 0.334 e. The fourth-order valence-electron chi connectivity index (χ4n) is 5.11. The second-order valence-corrected chi connectivity index (χ2v) is 10.4. The number of halogens is 3. The monoisotopic (exact) mass is 559 g/mol. The fourth-order valence-corrected chi connectivity index (χ4v) is 5.48. The number of methoxy groups -OCH3 is 1. The van der Waals surface area contributed by atoms with E-state index < -0.39 is 29.8 Å². The lowest BCUT2D eigenvalue weighted by Crippen LogP contribution is -2.42. The summed E-state index contributed by atoms with van der Waals surface area (Å²) in [5.74, 6) is -2.48. The molecule has 2 aromatic rings. The molecule has 0 saturated carbocycles. The van der Waals surface area contributed by atoms with Crippen molar-refractivity contribution >= 4 is 46.5 Å². The minimum absolute atomic E-state index is 0.0432. The number of anilines is 1. The van der Waals surface area contributed by atoms with Crippen LogP contribution in [0, 0.1) is 11.7 Å². The van der Waals surface area contributed by atoms with Crippen molar-refractivity contribution in [1.29, 1.82) is 0 Å². The predicted molar refractivity (Wildman–Crippen MR) is 144 cm³/mol. The first-order chi connectivity index (χ1) is 18.1. The summed E-state index contributed by atoms with van der Waals surface area (Å²) < 4.78 is 19.8. The van der Waals surface area contributed by atoms with Crippen molar-refractivity contribution in [1.82, 2.24) is 5.32 Å². The lowest BCUT2D eigenvalue weighted by molar-refractivity contribution is -0.136. The molecule has 1 heterocycles. The summed E-state index contributed by atoms with van der Waals surface area (Å²) in [4.78, 5) is 38.6. The maximum absolute atomic E-state index is 15.0. The van der Waals surface area contributed by atoms with Crippen LogP contribution in [0.2, 0.25) is 10.0 Å². The Labute approximate surface area is 230 Å². The van der Waals surface area contributed by atoms with Gasteiger partial charge in [-0.05, 0) is 54.7 Å². The number of allylic oxidation sites excluding steroid dienone is 2. The van der Waals surface area contributed by atoms with Crippen molar-refractivity contribution in [3.8, 4) is 0 Å². The molecule has 1 amide bonds. The number of Topliss-reactive ketones (excluding diaryl/α,β-unsaturated/α-hetero) is 1. The summed E-state index contributed by atoms with van der Waals surface area (Å²) in [7, 11) is 1.29. The third-order valence-corrected chi connectivity index (χ3v) is 7.53. The number of nitrogens with two attached hydrogens (primary N) is 1. The Bertz CT molecular complexity index is 1340.